The van der Waals surface area contributed by atoms with E-state index in [1.54, 1.807) is 0 Å². The molecule has 1 aliphatic heterocycles. The van der Waals surface area contributed by atoms with Crippen LogP contribution in [0.25, 0.3) is 0 Å². The highest BCUT2D eigenvalue weighted by atomic mass is 16.5. The van der Waals surface area contributed by atoms with Gasteiger partial charge in [-0.05, 0) is 56.5 Å². The average Bonchev–Trinajstić information content (AvgIpc) is 3.32. The molecule has 4 rings (SSSR count). The van der Waals surface area contributed by atoms with Crippen LogP contribution in [0.15, 0.2) is 54.9 Å². The highest BCUT2D eigenvalue weighted by Crippen LogP contribution is 2.26. The molecule has 0 saturated carbocycles. The van der Waals surface area contributed by atoms with Gasteiger partial charge in [-0.25, -0.2) is 4.79 Å². The molecule has 2 aromatic carbocycles. The number of rotatable bonds is 7. The molecular weight excluding hydrogens is 362 g/mol. The Morgan fingerprint density at radius 1 is 1.17 bits per heavy atom. The van der Waals surface area contributed by atoms with Gasteiger partial charge in [0.15, 0.2) is 0 Å². The molecule has 1 N–H and O–H groups in total. The summed E-state index contributed by atoms with van der Waals surface area (Å²) in [6.45, 7) is 8.44. The molecule has 5 nitrogen and oxygen atoms in total. The molecule has 1 aliphatic rings. The van der Waals surface area contributed by atoms with E-state index in [1.807, 2.05) is 41.2 Å². The fourth-order valence-electron chi connectivity index (χ4n) is 3.82. The second-order valence-electron chi connectivity index (χ2n) is 8.17. The van der Waals surface area contributed by atoms with Gasteiger partial charge < -0.3 is 10.1 Å². The van der Waals surface area contributed by atoms with Gasteiger partial charge in [-0.1, -0.05) is 36.4 Å². The fourth-order valence-corrected chi connectivity index (χ4v) is 3.82. The Bertz CT molecular complexity index is 1020. The van der Waals surface area contributed by atoms with Crippen molar-refractivity contribution in [2.24, 2.45) is 0 Å². The Labute approximate surface area is 171 Å². The standard InChI is InChI=1S/C24H27N3O2/c1-17-19(9-10-21-22(17)16-29-23(21)28)11-12-25-24(2,3)20-13-26-27(15-20)14-18-7-5-4-6-8-18/h4-10,13,15,25H,11-12,14,16H2,1-3H3. The summed E-state index contributed by atoms with van der Waals surface area (Å²) in [6.07, 6.45) is 4.96. The van der Waals surface area contributed by atoms with Gasteiger partial charge in [-0.15, -0.1) is 0 Å². The monoisotopic (exact) mass is 389 g/mol. The minimum atomic E-state index is -0.207. The van der Waals surface area contributed by atoms with Crippen LogP contribution < -0.4 is 5.32 Å². The van der Waals surface area contributed by atoms with Gasteiger partial charge in [0.05, 0.1) is 18.3 Å². The van der Waals surface area contributed by atoms with Crippen molar-refractivity contribution < 1.29 is 9.53 Å². The lowest BCUT2D eigenvalue weighted by Gasteiger charge is -2.25. The first-order valence-electron chi connectivity index (χ1n) is 10.0. The molecule has 0 fully saturated rings. The number of cyclic esters (lactones) is 1. The highest BCUT2D eigenvalue weighted by Gasteiger charge is 2.25. The molecule has 0 unspecified atom stereocenters. The van der Waals surface area contributed by atoms with Gasteiger partial charge in [0.1, 0.15) is 6.61 Å². The molecule has 0 atom stereocenters. The van der Waals surface area contributed by atoms with Gasteiger partial charge in [0.25, 0.3) is 0 Å². The molecule has 150 valence electrons. The summed E-state index contributed by atoms with van der Waals surface area (Å²) in [5.41, 5.74) is 6.40. The van der Waals surface area contributed by atoms with E-state index in [1.165, 1.54) is 16.7 Å². The fraction of sp³-hybridized carbons (Fsp3) is 0.333. The maximum Gasteiger partial charge on any atom is 0.338 e. The van der Waals surface area contributed by atoms with Crippen LogP contribution in [0.2, 0.25) is 0 Å². The highest BCUT2D eigenvalue weighted by molar-refractivity contribution is 5.93. The van der Waals surface area contributed by atoms with Crippen molar-refractivity contribution in [3.05, 3.63) is 88.2 Å². The molecule has 29 heavy (non-hydrogen) atoms. The molecule has 1 aromatic heterocycles. The van der Waals surface area contributed by atoms with Crippen molar-refractivity contribution in [2.75, 3.05) is 6.54 Å². The summed E-state index contributed by atoms with van der Waals surface area (Å²) < 4.78 is 7.14. The molecule has 0 radical (unpaired) electrons. The van der Waals surface area contributed by atoms with E-state index < -0.39 is 0 Å². The Kier molecular flexibility index (Phi) is 5.24. The van der Waals surface area contributed by atoms with Crippen LogP contribution in [-0.2, 0) is 29.8 Å². The van der Waals surface area contributed by atoms with Crippen molar-refractivity contribution >= 4 is 5.97 Å². The first-order chi connectivity index (χ1) is 13.9. The summed E-state index contributed by atoms with van der Waals surface area (Å²) in [5, 5.41) is 8.19. The van der Waals surface area contributed by atoms with Crippen molar-refractivity contribution in [3.63, 3.8) is 0 Å². The summed E-state index contributed by atoms with van der Waals surface area (Å²) in [7, 11) is 0. The van der Waals surface area contributed by atoms with Crippen LogP contribution >= 0.6 is 0 Å². The lowest BCUT2D eigenvalue weighted by atomic mass is 9.95. The number of hydrogen-bond donors (Lipinski definition) is 1. The Balaban J connectivity index is 1.38. The Morgan fingerprint density at radius 3 is 2.76 bits per heavy atom. The lowest BCUT2D eigenvalue weighted by molar-refractivity contribution is 0.0535. The summed E-state index contributed by atoms with van der Waals surface area (Å²) in [4.78, 5) is 11.7. The predicted molar refractivity (Wildman–Crippen MR) is 113 cm³/mol. The minimum absolute atomic E-state index is 0.182. The zero-order valence-corrected chi connectivity index (χ0v) is 17.2. The largest absolute Gasteiger partial charge is 0.457 e. The van der Waals surface area contributed by atoms with E-state index in [2.05, 4.69) is 49.5 Å². The summed E-state index contributed by atoms with van der Waals surface area (Å²) in [6, 6.07) is 14.3. The van der Waals surface area contributed by atoms with Crippen LogP contribution in [0, 0.1) is 6.92 Å². The van der Waals surface area contributed by atoms with E-state index in [-0.39, 0.29) is 11.5 Å². The number of carbonyl (C=O) groups excluding carboxylic acids is 1. The maximum atomic E-state index is 11.7. The zero-order valence-electron chi connectivity index (χ0n) is 17.2. The van der Waals surface area contributed by atoms with Gasteiger partial charge in [0, 0.05) is 22.9 Å². The normalized spacial score (nSPS) is 13.4. The summed E-state index contributed by atoms with van der Waals surface area (Å²) in [5.74, 6) is -0.207. The molecule has 3 aromatic rings. The third-order valence-corrected chi connectivity index (χ3v) is 5.78. The van der Waals surface area contributed by atoms with E-state index in [0.29, 0.717) is 12.2 Å². The number of esters is 1. The Morgan fingerprint density at radius 2 is 1.97 bits per heavy atom. The molecule has 0 saturated heterocycles. The second-order valence-corrected chi connectivity index (χ2v) is 8.17. The van der Waals surface area contributed by atoms with Crippen LogP contribution in [0.3, 0.4) is 0 Å². The van der Waals surface area contributed by atoms with Gasteiger partial charge in [-0.2, -0.15) is 5.10 Å². The molecule has 0 aliphatic carbocycles. The Hall–Kier alpha value is -2.92. The molecule has 2 heterocycles. The van der Waals surface area contributed by atoms with E-state index in [0.717, 1.165) is 30.6 Å². The minimum Gasteiger partial charge on any atom is -0.457 e. The number of hydrogen-bond acceptors (Lipinski definition) is 4. The second kappa shape index (κ2) is 7.84. The van der Waals surface area contributed by atoms with Crippen LogP contribution in [0.4, 0.5) is 0 Å². The first-order valence-corrected chi connectivity index (χ1v) is 10.0. The van der Waals surface area contributed by atoms with Gasteiger partial charge in [-0.3, -0.25) is 4.68 Å². The van der Waals surface area contributed by atoms with Crippen molar-refractivity contribution in [3.8, 4) is 0 Å². The predicted octanol–water partition coefficient (Wildman–Crippen LogP) is 3.98. The quantitative estimate of drug-likeness (QED) is 0.621. The van der Waals surface area contributed by atoms with Crippen LogP contribution in [0.5, 0.6) is 0 Å². The smallest absolute Gasteiger partial charge is 0.338 e. The number of aromatic nitrogens is 2. The van der Waals surface area contributed by atoms with Crippen LogP contribution in [-0.4, -0.2) is 22.3 Å². The zero-order chi connectivity index (χ0) is 20.4. The third kappa shape index (κ3) is 4.10. The number of nitrogens with zero attached hydrogens (tertiary/aromatic N) is 2. The van der Waals surface area contributed by atoms with E-state index >= 15 is 0 Å². The number of benzene rings is 2. The van der Waals surface area contributed by atoms with Crippen molar-refractivity contribution in [1.29, 1.82) is 0 Å². The van der Waals surface area contributed by atoms with Crippen LogP contribution in [0.1, 0.15) is 52.0 Å². The molecule has 5 heteroatoms. The number of carbonyl (C=O) groups is 1. The SMILES string of the molecule is Cc1c(CCNC(C)(C)c2cnn(Cc3ccccc3)c2)ccc2c1COC2=O. The van der Waals surface area contributed by atoms with E-state index in [9.17, 15) is 4.79 Å². The van der Waals surface area contributed by atoms with Crippen molar-refractivity contribution in [2.45, 2.75) is 45.9 Å². The molecule has 0 amide bonds. The van der Waals surface area contributed by atoms with E-state index in [4.69, 9.17) is 4.74 Å². The lowest BCUT2D eigenvalue weighted by Crippen LogP contribution is -2.37. The molecule has 0 bridgehead atoms. The summed E-state index contributed by atoms with van der Waals surface area (Å²) >= 11 is 0. The average molecular weight is 389 g/mol. The molecule has 0 spiro atoms. The number of nitrogens with one attached hydrogen (secondary N) is 1. The number of ether oxygens (including phenoxy) is 1. The van der Waals surface area contributed by atoms with Gasteiger partial charge in [0.2, 0.25) is 0 Å². The third-order valence-electron chi connectivity index (χ3n) is 5.78. The van der Waals surface area contributed by atoms with Crippen molar-refractivity contribution in [1.82, 2.24) is 15.1 Å². The molecular formula is C24H27N3O2. The maximum absolute atomic E-state index is 11.7. The van der Waals surface area contributed by atoms with Gasteiger partial charge >= 0.3 is 5.97 Å². The first kappa shape index (κ1) is 19.4. The topological polar surface area (TPSA) is 56.1 Å². The number of fused-ring (bicyclic) bond motifs is 1.